The van der Waals surface area contributed by atoms with Gasteiger partial charge in [-0.05, 0) is 25.1 Å². The Balaban J connectivity index is 2.28. The van der Waals surface area contributed by atoms with Gasteiger partial charge >= 0.3 is 0 Å². The number of ether oxygens (including phenoxy) is 2. The highest BCUT2D eigenvalue weighted by Gasteiger charge is 2.38. The summed E-state index contributed by atoms with van der Waals surface area (Å²) in [7, 11) is 0. The van der Waals surface area contributed by atoms with Gasteiger partial charge in [0, 0.05) is 12.0 Å². The van der Waals surface area contributed by atoms with Crippen LogP contribution in [0.3, 0.4) is 0 Å². The first kappa shape index (κ1) is 12.4. The first-order valence-corrected chi connectivity index (χ1v) is 5.61. The van der Waals surface area contributed by atoms with Gasteiger partial charge in [-0.1, -0.05) is 6.07 Å². The molecule has 2 rings (SSSR count). The average Bonchev–Trinajstić information content (AvgIpc) is 2.80. The van der Waals surface area contributed by atoms with E-state index >= 15 is 0 Å². The van der Waals surface area contributed by atoms with Crippen LogP contribution < -0.4 is 5.73 Å². The monoisotopic (exact) mass is 243 g/mol. The lowest BCUT2D eigenvalue weighted by molar-refractivity contribution is -0.171. The fourth-order valence-electron chi connectivity index (χ4n) is 1.98. The van der Waals surface area contributed by atoms with Gasteiger partial charge in [-0.15, -0.1) is 0 Å². The summed E-state index contributed by atoms with van der Waals surface area (Å²) in [6.45, 7) is 1.39. The van der Waals surface area contributed by atoms with E-state index in [9.17, 15) is 8.78 Å². The highest BCUT2D eigenvalue weighted by atomic mass is 19.2. The van der Waals surface area contributed by atoms with Crippen LogP contribution in [-0.2, 0) is 15.3 Å². The second-order valence-electron chi connectivity index (χ2n) is 3.97. The topological polar surface area (TPSA) is 44.5 Å². The van der Waals surface area contributed by atoms with Crippen molar-refractivity contribution in [3.8, 4) is 0 Å². The molecular weight excluding hydrogens is 228 g/mol. The molecule has 0 saturated carbocycles. The van der Waals surface area contributed by atoms with Gasteiger partial charge in [0.15, 0.2) is 17.4 Å². The lowest BCUT2D eigenvalue weighted by Gasteiger charge is -2.27. The van der Waals surface area contributed by atoms with Gasteiger partial charge < -0.3 is 15.2 Å². The maximum Gasteiger partial charge on any atom is 0.195 e. The van der Waals surface area contributed by atoms with Crippen molar-refractivity contribution in [2.45, 2.75) is 18.6 Å². The van der Waals surface area contributed by atoms with Crippen molar-refractivity contribution in [1.82, 2.24) is 0 Å². The van der Waals surface area contributed by atoms with Crippen molar-refractivity contribution in [3.05, 3.63) is 35.4 Å². The average molecular weight is 243 g/mol. The van der Waals surface area contributed by atoms with E-state index in [-0.39, 0.29) is 0 Å². The molecule has 1 aliphatic rings. The van der Waals surface area contributed by atoms with E-state index < -0.39 is 17.4 Å². The van der Waals surface area contributed by atoms with Crippen LogP contribution >= 0.6 is 0 Å². The van der Waals surface area contributed by atoms with E-state index in [1.807, 2.05) is 0 Å². The molecule has 0 spiro atoms. The van der Waals surface area contributed by atoms with Gasteiger partial charge in [0.05, 0.1) is 13.2 Å². The molecule has 1 fully saturated rings. The van der Waals surface area contributed by atoms with E-state index in [4.69, 9.17) is 15.2 Å². The smallest absolute Gasteiger partial charge is 0.195 e. The van der Waals surface area contributed by atoms with Crippen LogP contribution in [0.2, 0.25) is 0 Å². The molecule has 0 amide bonds. The Morgan fingerprint density at radius 2 is 1.88 bits per heavy atom. The number of nitrogens with two attached hydrogens (primary N) is 1. The van der Waals surface area contributed by atoms with Gasteiger partial charge in [0.1, 0.15) is 0 Å². The molecule has 1 aromatic carbocycles. The zero-order valence-corrected chi connectivity index (χ0v) is 9.42. The van der Waals surface area contributed by atoms with Crippen molar-refractivity contribution in [2.24, 2.45) is 5.73 Å². The molecule has 0 aliphatic carbocycles. The van der Waals surface area contributed by atoms with Crippen LogP contribution in [0.5, 0.6) is 0 Å². The molecule has 5 heteroatoms. The molecule has 0 aromatic heterocycles. The fourth-order valence-corrected chi connectivity index (χ4v) is 1.98. The van der Waals surface area contributed by atoms with Crippen molar-refractivity contribution in [3.63, 3.8) is 0 Å². The summed E-state index contributed by atoms with van der Waals surface area (Å²) in [5.41, 5.74) is 5.95. The molecule has 17 heavy (non-hydrogen) atoms. The molecular formula is C12H15F2NO2. The zero-order valence-electron chi connectivity index (χ0n) is 9.42. The SMILES string of the molecule is NCCCC1(c2ccc(F)c(F)c2)OCCO1. The number of halogens is 2. The molecule has 1 aliphatic heterocycles. The maximum atomic E-state index is 13.2. The minimum absolute atomic E-state index is 0.448. The number of hydrogen-bond acceptors (Lipinski definition) is 3. The molecule has 1 aromatic rings. The summed E-state index contributed by atoms with van der Waals surface area (Å²) in [6, 6.07) is 3.69. The molecule has 0 radical (unpaired) electrons. The number of rotatable bonds is 4. The zero-order chi connectivity index (χ0) is 12.3. The van der Waals surface area contributed by atoms with E-state index in [0.717, 1.165) is 12.1 Å². The Morgan fingerprint density at radius 1 is 1.18 bits per heavy atom. The van der Waals surface area contributed by atoms with Crippen LogP contribution in [0.25, 0.3) is 0 Å². The van der Waals surface area contributed by atoms with Crippen molar-refractivity contribution in [2.75, 3.05) is 19.8 Å². The minimum atomic E-state index is -0.964. The standard InChI is InChI=1S/C12H15F2NO2/c13-10-3-2-9(8-11(10)14)12(4-1-5-15)16-6-7-17-12/h2-3,8H,1,4-7,15H2. The van der Waals surface area contributed by atoms with E-state index in [2.05, 4.69) is 0 Å². The van der Waals surface area contributed by atoms with E-state index in [1.165, 1.54) is 6.07 Å². The molecule has 0 bridgehead atoms. The van der Waals surface area contributed by atoms with Gasteiger partial charge in [0.25, 0.3) is 0 Å². The third-order valence-electron chi connectivity index (χ3n) is 2.82. The van der Waals surface area contributed by atoms with Gasteiger partial charge in [-0.3, -0.25) is 0 Å². The first-order chi connectivity index (χ1) is 8.18. The summed E-state index contributed by atoms with van der Waals surface area (Å²) in [5, 5.41) is 0. The summed E-state index contributed by atoms with van der Waals surface area (Å²) in [4.78, 5) is 0. The van der Waals surface area contributed by atoms with Crippen LogP contribution in [0, 0.1) is 11.6 Å². The number of hydrogen-bond donors (Lipinski definition) is 1. The van der Waals surface area contributed by atoms with Gasteiger partial charge in [-0.25, -0.2) is 8.78 Å². The second-order valence-corrected chi connectivity index (χ2v) is 3.97. The minimum Gasteiger partial charge on any atom is -0.343 e. The maximum absolute atomic E-state index is 13.2. The van der Waals surface area contributed by atoms with Crippen molar-refractivity contribution in [1.29, 1.82) is 0 Å². The summed E-state index contributed by atoms with van der Waals surface area (Å²) in [6.07, 6.45) is 1.23. The van der Waals surface area contributed by atoms with Crippen LogP contribution in [-0.4, -0.2) is 19.8 Å². The normalized spacial score (nSPS) is 18.5. The Bertz CT molecular complexity index is 392. The highest BCUT2D eigenvalue weighted by Crippen LogP contribution is 2.36. The summed E-state index contributed by atoms with van der Waals surface area (Å²) >= 11 is 0. The highest BCUT2D eigenvalue weighted by molar-refractivity contribution is 5.23. The number of benzene rings is 1. The summed E-state index contributed by atoms with van der Waals surface area (Å²) in [5.74, 6) is -2.73. The third-order valence-corrected chi connectivity index (χ3v) is 2.82. The molecule has 0 unspecified atom stereocenters. The Hall–Kier alpha value is -1.04. The fraction of sp³-hybridized carbons (Fsp3) is 0.500. The Labute approximate surface area is 98.5 Å². The van der Waals surface area contributed by atoms with E-state index in [1.54, 1.807) is 0 Å². The van der Waals surface area contributed by atoms with Gasteiger partial charge in [0.2, 0.25) is 0 Å². The molecule has 3 nitrogen and oxygen atoms in total. The lowest BCUT2D eigenvalue weighted by Crippen LogP contribution is -2.28. The van der Waals surface area contributed by atoms with Crippen LogP contribution in [0.15, 0.2) is 18.2 Å². The summed E-state index contributed by atoms with van der Waals surface area (Å²) < 4.78 is 37.2. The molecule has 0 atom stereocenters. The second kappa shape index (κ2) is 5.08. The van der Waals surface area contributed by atoms with Crippen molar-refractivity contribution >= 4 is 0 Å². The van der Waals surface area contributed by atoms with Crippen LogP contribution in [0.4, 0.5) is 8.78 Å². The predicted octanol–water partition coefficient (Wildman–Crippen LogP) is 1.90. The predicted molar refractivity (Wildman–Crippen MR) is 58.2 cm³/mol. The molecule has 2 N–H and O–H groups in total. The van der Waals surface area contributed by atoms with Crippen LogP contribution in [0.1, 0.15) is 18.4 Å². The largest absolute Gasteiger partial charge is 0.343 e. The third kappa shape index (κ3) is 2.46. The Kier molecular flexibility index (Phi) is 3.71. The quantitative estimate of drug-likeness (QED) is 0.878. The van der Waals surface area contributed by atoms with E-state index in [0.29, 0.717) is 38.2 Å². The molecule has 1 heterocycles. The van der Waals surface area contributed by atoms with Gasteiger partial charge in [-0.2, -0.15) is 0 Å². The van der Waals surface area contributed by atoms with Crippen molar-refractivity contribution < 1.29 is 18.3 Å². The lowest BCUT2D eigenvalue weighted by atomic mass is 10.0. The molecule has 1 saturated heterocycles. The molecule has 94 valence electrons. The first-order valence-electron chi connectivity index (χ1n) is 5.61. The Morgan fingerprint density at radius 3 is 2.47 bits per heavy atom.